The summed E-state index contributed by atoms with van der Waals surface area (Å²) in [5.74, 6) is 0. The molecule has 0 aromatic heterocycles. The van der Waals surface area contributed by atoms with Crippen molar-refractivity contribution in [2.45, 2.75) is 6.42 Å². The Morgan fingerprint density at radius 2 is 2.00 bits per heavy atom. The fourth-order valence-electron chi connectivity index (χ4n) is 1.31. The van der Waals surface area contributed by atoms with Gasteiger partial charge in [0.2, 0.25) is 0 Å². The first-order valence-corrected chi connectivity index (χ1v) is 3.37. The number of nitrogens with one attached hydrogen (secondary N) is 3. The lowest BCUT2D eigenvalue weighted by atomic mass is 10.2. The molecular weight excluding hydrogens is 114 g/mol. The van der Waals surface area contributed by atoms with Gasteiger partial charge in [0.1, 0.15) is 0 Å². The average Bonchev–Trinajstić information content (AvgIpc) is 2.33. The average molecular weight is 125 g/mol. The first-order valence-electron chi connectivity index (χ1n) is 3.37. The molecule has 2 rings (SSSR count). The maximum absolute atomic E-state index is 3.30. The summed E-state index contributed by atoms with van der Waals surface area (Å²) in [4.78, 5) is 0. The van der Waals surface area contributed by atoms with Crippen molar-refractivity contribution in [2.75, 3.05) is 19.8 Å². The third-order valence-electron chi connectivity index (χ3n) is 1.82. The van der Waals surface area contributed by atoms with E-state index in [1.54, 1.807) is 0 Å². The molecule has 9 heavy (non-hydrogen) atoms. The third-order valence-corrected chi connectivity index (χ3v) is 1.82. The summed E-state index contributed by atoms with van der Waals surface area (Å²) in [7, 11) is 0. The van der Waals surface area contributed by atoms with Gasteiger partial charge >= 0.3 is 0 Å². The van der Waals surface area contributed by atoms with Crippen molar-refractivity contribution in [3.63, 3.8) is 0 Å². The molecule has 0 unspecified atom stereocenters. The normalized spacial score (nSPS) is 24.9. The van der Waals surface area contributed by atoms with E-state index >= 15 is 0 Å². The van der Waals surface area contributed by atoms with Crippen LogP contribution in [-0.4, -0.2) is 19.8 Å². The molecule has 50 valence electrons. The van der Waals surface area contributed by atoms with E-state index in [9.17, 15) is 0 Å². The highest BCUT2D eigenvalue weighted by molar-refractivity contribution is 5.19. The predicted octanol–water partition coefficient (Wildman–Crippen LogP) is -0.658. The van der Waals surface area contributed by atoms with E-state index in [0.29, 0.717) is 0 Å². The maximum Gasteiger partial charge on any atom is 0.0845 e. The third kappa shape index (κ3) is 0.772. The second-order valence-corrected chi connectivity index (χ2v) is 2.41. The predicted molar refractivity (Wildman–Crippen MR) is 35.7 cm³/mol. The van der Waals surface area contributed by atoms with Crippen LogP contribution in [0.3, 0.4) is 0 Å². The summed E-state index contributed by atoms with van der Waals surface area (Å²) in [6, 6.07) is 0. The minimum absolute atomic E-state index is 0.923. The van der Waals surface area contributed by atoms with E-state index in [-0.39, 0.29) is 0 Å². The van der Waals surface area contributed by atoms with Crippen molar-refractivity contribution in [1.29, 1.82) is 0 Å². The van der Waals surface area contributed by atoms with Gasteiger partial charge in [0, 0.05) is 30.9 Å². The van der Waals surface area contributed by atoms with Crippen molar-refractivity contribution in [3.05, 3.63) is 11.4 Å². The minimum atomic E-state index is 0.923. The summed E-state index contributed by atoms with van der Waals surface area (Å²) >= 11 is 0. The fraction of sp³-hybridized carbons (Fsp3) is 0.667. The second kappa shape index (κ2) is 1.92. The minimum Gasteiger partial charge on any atom is -0.370 e. The van der Waals surface area contributed by atoms with Crippen LogP contribution in [0.1, 0.15) is 6.42 Å². The van der Waals surface area contributed by atoms with Gasteiger partial charge in [0.05, 0.1) is 6.67 Å². The van der Waals surface area contributed by atoms with Crippen molar-refractivity contribution >= 4 is 0 Å². The SMILES string of the molecule is C1CC2=C(CN1)NCN2. The molecule has 2 aliphatic rings. The van der Waals surface area contributed by atoms with Gasteiger partial charge in [-0.15, -0.1) is 0 Å². The lowest BCUT2D eigenvalue weighted by Gasteiger charge is -2.13. The zero-order valence-electron chi connectivity index (χ0n) is 5.33. The van der Waals surface area contributed by atoms with Crippen LogP contribution in [0.5, 0.6) is 0 Å². The van der Waals surface area contributed by atoms with Crippen LogP contribution in [0.25, 0.3) is 0 Å². The Hall–Kier alpha value is -0.700. The van der Waals surface area contributed by atoms with Gasteiger partial charge in [-0.3, -0.25) is 0 Å². The summed E-state index contributed by atoms with van der Waals surface area (Å²) in [5.41, 5.74) is 2.77. The van der Waals surface area contributed by atoms with Crippen LogP contribution in [0, 0.1) is 0 Å². The summed E-state index contributed by atoms with van der Waals surface area (Å²) < 4.78 is 0. The van der Waals surface area contributed by atoms with Gasteiger partial charge in [0.15, 0.2) is 0 Å². The molecule has 0 radical (unpaired) electrons. The molecule has 0 atom stereocenters. The van der Waals surface area contributed by atoms with Gasteiger partial charge in [0.25, 0.3) is 0 Å². The van der Waals surface area contributed by atoms with Crippen molar-refractivity contribution < 1.29 is 0 Å². The Kier molecular flexibility index (Phi) is 1.09. The highest BCUT2D eigenvalue weighted by Gasteiger charge is 2.15. The second-order valence-electron chi connectivity index (χ2n) is 2.41. The Bertz CT molecular complexity index is 134. The zero-order valence-corrected chi connectivity index (χ0v) is 5.33. The fourth-order valence-corrected chi connectivity index (χ4v) is 1.31. The van der Waals surface area contributed by atoms with Gasteiger partial charge in [-0.2, -0.15) is 0 Å². The highest BCUT2D eigenvalue weighted by atomic mass is 15.2. The molecule has 0 amide bonds. The van der Waals surface area contributed by atoms with Gasteiger partial charge in [-0.25, -0.2) is 0 Å². The zero-order chi connectivity index (χ0) is 6.10. The topological polar surface area (TPSA) is 36.1 Å². The van der Waals surface area contributed by atoms with Crippen LogP contribution in [-0.2, 0) is 0 Å². The molecule has 3 heteroatoms. The van der Waals surface area contributed by atoms with Crippen molar-refractivity contribution in [2.24, 2.45) is 0 Å². The molecule has 0 fully saturated rings. The van der Waals surface area contributed by atoms with Gasteiger partial charge in [-0.05, 0) is 0 Å². The Labute approximate surface area is 54.5 Å². The molecule has 0 saturated carbocycles. The molecule has 0 aromatic rings. The smallest absolute Gasteiger partial charge is 0.0845 e. The van der Waals surface area contributed by atoms with Gasteiger partial charge < -0.3 is 16.0 Å². The molecule has 0 spiro atoms. The van der Waals surface area contributed by atoms with Crippen LogP contribution in [0.15, 0.2) is 11.4 Å². The van der Waals surface area contributed by atoms with Crippen molar-refractivity contribution in [3.8, 4) is 0 Å². The van der Waals surface area contributed by atoms with E-state index in [1.807, 2.05) is 0 Å². The van der Waals surface area contributed by atoms with Crippen molar-refractivity contribution in [1.82, 2.24) is 16.0 Å². The highest BCUT2D eigenvalue weighted by Crippen LogP contribution is 2.09. The maximum atomic E-state index is 3.30. The molecule has 0 saturated heterocycles. The summed E-state index contributed by atoms with van der Waals surface area (Å²) in [6.45, 7) is 3.06. The van der Waals surface area contributed by atoms with Gasteiger partial charge in [-0.1, -0.05) is 0 Å². The molecular formula is C6H11N3. The van der Waals surface area contributed by atoms with E-state index < -0.39 is 0 Å². The molecule has 0 aromatic carbocycles. The summed E-state index contributed by atoms with van der Waals surface area (Å²) in [6.07, 6.45) is 1.16. The van der Waals surface area contributed by atoms with E-state index in [0.717, 1.165) is 26.2 Å². The number of hydrogen-bond donors (Lipinski definition) is 3. The van der Waals surface area contributed by atoms with E-state index in [2.05, 4.69) is 16.0 Å². The van der Waals surface area contributed by atoms with E-state index in [1.165, 1.54) is 11.4 Å². The monoisotopic (exact) mass is 125 g/mol. The van der Waals surface area contributed by atoms with Crippen LogP contribution in [0.2, 0.25) is 0 Å². The van der Waals surface area contributed by atoms with Crippen LogP contribution in [0.4, 0.5) is 0 Å². The molecule has 2 heterocycles. The Morgan fingerprint density at radius 3 is 2.89 bits per heavy atom. The molecule has 3 N–H and O–H groups in total. The molecule has 3 nitrogen and oxygen atoms in total. The molecule has 2 aliphatic heterocycles. The number of hydrogen-bond acceptors (Lipinski definition) is 3. The first-order chi connectivity index (χ1) is 4.47. The first kappa shape index (κ1) is 5.11. The quantitative estimate of drug-likeness (QED) is 0.402. The molecule has 0 aliphatic carbocycles. The van der Waals surface area contributed by atoms with E-state index in [4.69, 9.17) is 0 Å². The molecule has 0 bridgehead atoms. The lowest BCUT2D eigenvalue weighted by molar-refractivity contribution is 0.661. The Morgan fingerprint density at radius 1 is 1.11 bits per heavy atom. The largest absolute Gasteiger partial charge is 0.370 e. The van der Waals surface area contributed by atoms with Crippen LogP contribution >= 0.6 is 0 Å². The number of rotatable bonds is 0. The summed E-state index contributed by atoms with van der Waals surface area (Å²) in [5, 5.41) is 9.85. The lowest BCUT2D eigenvalue weighted by Crippen LogP contribution is -2.27. The van der Waals surface area contributed by atoms with Crippen LogP contribution < -0.4 is 16.0 Å². The standard InChI is InChI=1S/C6H11N3/c1-2-7-3-6-5(1)8-4-9-6/h7-9H,1-4H2. The Balaban J connectivity index is 2.17.